The number of aliphatic hydroxyl groups is 1. The molecule has 0 rings (SSSR count). The number of unbranched alkanes of at least 4 members (excludes halogenated alkanes) is 4. The normalized spacial score (nSPS) is 11.9. The molecule has 82 valence electrons. The fraction of sp³-hybridized carbons (Fsp3) is 0.846. The molecule has 0 radical (unpaired) electrons. The van der Waals surface area contributed by atoms with Gasteiger partial charge in [-0.2, -0.15) is 0 Å². The maximum atomic E-state index is 9.26. The molecule has 1 N–H and O–H groups in total. The SMILES string of the molecule is CCCCCCC#CCCC(O)CC. The Hall–Kier alpha value is -0.480. The van der Waals surface area contributed by atoms with E-state index in [-0.39, 0.29) is 6.10 Å². The van der Waals surface area contributed by atoms with Crippen LogP contribution in [0.1, 0.15) is 65.2 Å². The van der Waals surface area contributed by atoms with Gasteiger partial charge in [0.1, 0.15) is 0 Å². The fourth-order valence-electron chi connectivity index (χ4n) is 1.26. The lowest BCUT2D eigenvalue weighted by molar-refractivity contribution is 0.162. The molecule has 0 aromatic carbocycles. The van der Waals surface area contributed by atoms with Gasteiger partial charge in [0.05, 0.1) is 6.10 Å². The van der Waals surface area contributed by atoms with E-state index in [9.17, 15) is 5.11 Å². The van der Waals surface area contributed by atoms with Gasteiger partial charge in [-0.1, -0.05) is 33.1 Å². The molecule has 0 spiro atoms. The third-order valence-corrected chi connectivity index (χ3v) is 2.35. The van der Waals surface area contributed by atoms with E-state index in [1.165, 1.54) is 25.7 Å². The van der Waals surface area contributed by atoms with Crippen molar-refractivity contribution in [3.63, 3.8) is 0 Å². The first kappa shape index (κ1) is 13.5. The van der Waals surface area contributed by atoms with Gasteiger partial charge < -0.3 is 5.11 Å². The molecule has 0 aliphatic heterocycles. The van der Waals surface area contributed by atoms with Gasteiger partial charge in [-0.3, -0.25) is 0 Å². The van der Waals surface area contributed by atoms with Crippen LogP contribution in [0.4, 0.5) is 0 Å². The van der Waals surface area contributed by atoms with Crippen LogP contribution in [0, 0.1) is 11.8 Å². The van der Waals surface area contributed by atoms with Crippen molar-refractivity contribution in [3.8, 4) is 11.8 Å². The van der Waals surface area contributed by atoms with Crippen molar-refractivity contribution in [2.75, 3.05) is 0 Å². The monoisotopic (exact) mass is 196 g/mol. The maximum absolute atomic E-state index is 9.26. The molecule has 0 saturated heterocycles. The van der Waals surface area contributed by atoms with Gasteiger partial charge in [0.2, 0.25) is 0 Å². The van der Waals surface area contributed by atoms with Gasteiger partial charge in [0, 0.05) is 12.8 Å². The summed E-state index contributed by atoms with van der Waals surface area (Å²) in [6, 6.07) is 0. The van der Waals surface area contributed by atoms with E-state index < -0.39 is 0 Å². The van der Waals surface area contributed by atoms with Crippen LogP contribution in [0.3, 0.4) is 0 Å². The Kier molecular flexibility index (Phi) is 10.2. The van der Waals surface area contributed by atoms with Gasteiger partial charge in [-0.25, -0.2) is 0 Å². The molecule has 0 aromatic rings. The molecule has 0 fully saturated rings. The summed E-state index contributed by atoms with van der Waals surface area (Å²) in [5.41, 5.74) is 0. The van der Waals surface area contributed by atoms with Gasteiger partial charge in [-0.15, -0.1) is 11.8 Å². The molecule has 0 aliphatic carbocycles. The zero-order valence-electron chi connectivity index (χ0n) is 9.68. The lowest BCUT2D eigenvalue weighted by Gasteiger charge is -2.02. The first-order valence-corrected chi connectivity index (χ1v) is 5.95. The molecule has 1 heteroatoms. The highest BCUT2D eigenvalue weighted by Crippen LogP contribution is 2.02. The topological polar surface area (TPSA) is 20.2 Å². The molecule has 0 bridgehead atoms. The second-order valence-corrected chi connectivity index (χ2v) is 3.76. The highest BCUT2D eigenvalue weighted by atomic mass is 16.3. The summed E-state index contributed by atoms with van der Waals surface area (Å²) in [5.74, 6) is 6.28. The molecule has 1 nitrogen and oxygen atoms in total. The fourth-order valence-corrected chi connectivity index (χ4v) is 1.26. The van der Waals surface area contributed by atoms with Crippen molar-refractivity contribution in [3.05, 3.63) is 0 Å². The van der Waals surface area contributed by atoms with E-state index in [4.69, 9.17) is 0 Å². The Bertz CT molecular complexity index is 164. The van der Waals surface area contributed by atoms with Crippen molar-refractivity contribution in [2.24, 2.45) is 0 Å². The third-order valence-electron chi connectivity index (χ3n) is 2.35. The van der Waals surface area contributed by atoms with Crippen LogP contribution in [0.25, 0.3) is 0 Å². The standard InChI is InChI=1S/C13H24O/c1-3-5-6-7-8-9-10-11-12-13(14)4-2/h13-14H,3-8,11-12H2,1-2H3. The average molecular weight is 196 g/mol. The summed E-state index contributed by atoms with van der Waals surface area (Å²) >= 11 is 0. The maximum Gasteiger partial charge on any atom is 0.0546 e. The number of aliphatic hydroxyl groups excluding tert-OH is 1. The van der Waals surface area contributed by atoms with Gasteiger partial charge >= 0.3 is 0 Å². The first-order valence-electron chi connectivity index (χ1n) is 5.95. The molecule has 0 saturated carbocycles. The van der Waals surface area contributed by atoms with Crippen LogP contribution in [-0.2, 0) is 0 Å². The van der Waals surface area contributed by atoms with Crippen molar-refractivity contribution in [1.29, 1.82) is 0 Å². The van der Waals surface area contributed by atoms with Crippen LogP contribution in [0.2, 0.25) is 0 Å². The van der Waals surface area contributed by atoms with E-state index >= 15 is 0 Å². The molecule has 1 atom stereocenters. The summed E-state index contributed by atoms with van der Waals surface area (Å²) < 4.78 is 0. The van der Waals surface area contributed by atoms with Gasteiger partial charge in [0.15, 0.2) is 0 Å². The molecule has 0 heterocycles. The molecule has 14 heavy (non-hydrogen) atoms. The third kappa shape index (κ3) is 9.61. The molecule has 0 aromatic heterocycles. The lowest BCUT2D eigenvalue weighted by atomic mass is 10.1. The van der Waals surface area contributed by atoms with Crippen molar-refractivity contribution in [1.82, 2.24) is 0 Å². The molecule has 0 amide bonds. The minimum Gasteiger partial charge on any atom is -0.393 e. The van der Waals surface area contributed by atoms with Crippen LogP contribution in [0.15, 0.2) is 0 Å². The van der Waals surface area contributed by atoms with E-state index in [0.717, 1.165) is 25.7 Å². The summed E-state index contributed by atoms with van der Waals surface area (Å²) in [4.78, 5) is 0. The predicted molar refractivity (Wildman–Crippen MR) is 62.1 cm³/mol. The summed E-state index contributed by atoms with van der Waals surface area (Å²) in [6.45, 7) is 4.22. The second-order valence-electron chi connectivity index (χ2n) is 3.76. The Labute approximate surface area is 88.9 Å². The van der Waals surface area contributed by atoms with E-state index in [2.05, 4.69) is 18.8 Å². The van der Waals surface area contributed by atoms with Crippen molar-refractivity contribution >= 4 is 0 Å². The lowest BCUT2D eigenvalue weighted by Crippen LogP contribution is -2.02. The molecule has 1 unspecified atom stereocenters. The van der Waals surface area contributed by atoms with E-state index in [1.807, 2.05) is 6.92 Å². The van der Waals surface area contributed by atoms with Crippen LogP contribution >= 0.6 is 0 Å². The van der Waals surface area contributed by atoms with Crippen molar-refractivity contribution in [2.45, 2.75) is 71.3 Å². The number of hydrogen-bond donors (Lipinski definition) is 1. The minimum atomic E-state index is -0.149. The summed E-state index contributed by atoms with van der Waals surface area (Å²) in [7, 11) is 0. The molecular formula is C13H24O. The summed E-state index contributed by atoms with van der Waals surface area (Å²) in [5, 5.41) is 9.26. The second kappa shape index (κ2) is 10.6. The van der Waals surface area contributed by atoms with Crippen LogP contribution < -0.4 is 0 Å². The van der Waals surface area contributed by atoms with Crippen LogP contribution in [-0.4, -0.2) is 11.2 Å². The predicted octanol–water partition coefficient (Wildman–Crippen LogP) is 3.51. The van der Waals surface area contributed by atoms with Gasteiger partial charge in [-0.05, 0) is 19.3 Å². The zero-order valence-corrected chi connectivity index (χ0v) is 9.68. The molecular weight excluding hydrogens is 172 g/mol. The molecule has 0 aliphatic rings. The zero-order chi connectivity index (χ0) is 10.6. The van der Waals surface area contributed by atoms with E-state index in [1.54, 1.807) is 0 Å². The smallest absolute Gasteiger partial charge is 0.0546 e. The van der Waals surface area contributed by atoms with Gasteiger partial charge in [0.25, 0.3) is 0 Å². The summed E-state index contributed by atoms with van der Waals surface area (Å²) in [6.07, 6.45) is 8.57. The highest BCUT2D eigenvalue weighted by Gasteiger charge is 1.96. The quantitative estimate of drug-likeness (QED) is 0.488. The largest absolute Gasteiger partial charge is 0.393 e. The number of hydrogen-bond acceptors (Lipinski definition) is 1. The van der Waals surface area contributed by atoms with Crippen molar-refractivity contribution < 1.29 is 5.11 Å². The Morgan fingerprint density at radius 3 is 2.36 bits per heavy atom. The Balaban J connectivity index is 3.18. The number of rotatable bonds is 7. The van der Waals surface area contributed by atoms with Crippen LogP contribution in [0.5, 0.6) is 0 Å². The minimum absolute atomic E-state index is 0.149. The Morgan fingerprint density at radius 2 is 1.71 bits per heavy atom. The Morgan fingerprint density at radius 1 is 1.00 bits per heavy atom. The highest BCUT2D eigenvalue weighted by molar-refractivity contribution is 4.98. The average Bonchev–Trinajstić information content (AvgIpc) is 2.21. The first-order chi connectivity index (χ1) is 6.81. The van der Waals surface area contributed by atoms with E-state index in [0.29, 0.717) is 0 Å².